The van der Waals surface area contributed by atoms with Crippen LogP contribution < -0.4 is 5.73 Å². The molecule has 2 rings (SSSR count). The summed E-state index contributed by atoms with van der Waals surface area (Å²) in [5.74, 6) is 0.890. The van der Waals surface area contributed by atoms with Crippen molar-refractivity contribution in [2.24, 2.45) is 5.73 Å². The van der Waals surface area contributed by atoms with Crippen molar-refractivity contribution in [2.45, 2.75) is 26.1 Å². The molecule has 0 radical (unpaired) electrons. The highest BCUT2D eigenvalue weighted by molar-refractivity contribution is 5.21. The van der Waals surface area contributed by atoms with Gasteiger partial charge in [0.2, 0.25) is 0 Å². The Hall–Kier alpha value is -1.62. The second-order valence-electron chi connectivity index (χ2n) is 5.12. The topological polar surface area (TPSA) is 62.6 Å². The monoisotopic (exact) mass is 274 g/mol. The molecular weight excluding hydrogens is 252 g/mol. The van der Waals surface area contributed by atoms with Crippen LogP contribution in [0.3, 0.4) is 0 Å². The van der Waals surface area contributed by atoms with Gasteiger partial charge in [-0.3, -0.25) is 4.90 Å². The second kappa shape index (κ2) is 7.24. The van der Waals surface area contributed by atoms with Gasteiger partial charge in [0.05, 0.1) is 18.9 Å². The fourth-order valence-electron chi connectivity index (χ4n) is 2.13. The highest BCUT2D eigenvalue weighted by Gasteiger charge is 2.13. The SMILES string of the molecule is Cc1ccc(CN(Cc2ccco2)CC(O)CN)cc1. The van der Waals surface area contributed by atoms with Crippen molar-refractivity contribution < 1.29 is 9.52 Å². The molecule has 0 fully saturated rings. The van der Waals surface area contributed by atoms with Crippen molar-refractivity contribution >= 4 is 0 Å². The molecular formula is C16H22N2O2. The predicted molar refractivity (Wildman–Crippen MR) is 79.1 cm³/mol. The number of nitrogens with two attached hydrogens (primary N) is 1. The van der Waals surface area contributed by atoms with E-state index >= 15 is 0 Å². The van der Waals surface area contributed by atoms with E-state index in [0.717, 1.165) is 12.3 Å². The van der Waals surface area contributed by atoms with Crippen LogP contribution in [0.25, 0.3) is 0 Å². The predicted octanol–water partition coefficient (Wildman–Crippen LogP) is 1.91. The van der Waals surface area contributed by atoms with E-state index < -0.39 is 6.10 Å². The van der Waals surface area contributed by atoms with Crippen LogP contribution in [0.2, 0.25) is 0 Å². The summed E-state index contributed by atoms with van der Waals surface area (Å²) in [6.45, 7) is 4.30. The van der Waals surface area contributed by atoms with Gasteiger partial charge in [0.15, 0.2) is 0 Å². The zero-order chi connectivity index (χ0) is 14.4. The van der Waals surface area contributed by atoms with Crippen molar-refractivity contribution in [3.8, 4) is 0 Å². The Labute approximate surface area is 119 Å². The van der Waals surface area contributed by atoms with Gasteiger partial charge < -0.3 is 15.3 Å². The van der Waals surface area contributed by atoms with Gasteiger partial charge >= 0.3 is 0 Å². The van der Waals surface area contributed by atoms with Crippen molar-refractivity contribution in [3.63, 3.8) is 0 Å². The quantitative estimate of drug-likeness (QED) is 0.809. The summed E-state index contributed by atoms with van der Waals surface area (Å²) in [6.07, 6.45) is 1.15. The summed E-state index contributed by atoms with van der Waals surface area (Å²) in [7, 11) is 0. The smallest absolute Gasteiger partial charge is 0.117 e. The van der Waals surface area contributed by atoms with Crippen LogP contribution in [0, 0.1) is 6.92 Å². The maximum atomic E-state index is 9.78. The molecule has 0 spiro atoms. The van der Waals surface area contributed by atoms with Gasteiger partial charge in [0.1, 0.15) is 5.76 Å². The Kier molecular flexibility index (Phi) is 5.35. The molecule has 0 aliphatic heterocycles. The molecule has 0 aliphatic carbocycles. The van der Waals surface area contributed by atoms with Crippen LogP contribution >= 0.6 is 0 Å². The van der Waals surface area contributed by atoms with Crippen LogP contribution in [0.4, 0.5) is 0 Å². The number of aryl methyl sites for hydroxylation is 1. The van der Waals surface area contributed by atoms with E-state index in [4.69, 9.17) is 10.2 Å². The first-order valence-corrected chi connectivity index (χ1v) is 6.86. The summed E-state index contributed by atoms with van der Waals surface area (Å²) >= 11 is 0. The molecule has 2 aromatic rings. The number of aliphatic hydroxyl groups excluding tert-OH is 1. The Morgan fingerprint density at radius 1 is 1.20 bits per heavy atom. The fraction of sp³-hybridized carbons (Fsp3) is 0.375. The zero-order valence-electron chi connectivity index (χ0n) is 11.8. The molecule has 4 nitrogen and oxygen atoms in total. The third-order valence-corrected chi connectivity index (χ3v) is 3.23. The molecule has 0 amide bonds. The summed E-state index contributed by atoms with van der Waals surface area (Å²) < 4.78 is 5.38. The minimum atomic E-state index is -0.518. The highest BCUT2D eigenvalue weighted by Crippen LogP contribution is 2.12. The number of hydrogen-bond donors (Lipinski definition) is 2. The Morgan fingerprint density at radius 3 is 2.55 bits per heavy atom. The number of rotatable bonds is 7. The lowest BCUT2D eigenvalue weighted by Gasteiger charge is -2.23. The van der Waals surface area contributed by atoms with E-state index in [1.807, 2.05) is 12.1 Å². The number of hydrogen-bond acceptors (Lipinski definition) is 4. The molecule has 0 saturated heterocycles. The molecule has 1 aromatic carbocycles. The molecule has 20 heavy (non-hydrogen) atoms. The highest BCUT2D eigenvalue weighted by atomic mass is 16.3. The minimum Gasteiger partial charge on any atom is -0.468 e. The van der Waals surface area contributed by atoms with Gasteiger partial charge in [-0.2, -0.15) is 0 Å². The van der Waals surface area contributed by atoms with Gasteiger partial charge in [-0.15, -0.1) is 0 Å². The van der Waals surface area contributed by atoms with Crippen molar-refractivity contribution in [1.82, 2.24) is 4.90 Å². The molecule has 1 aromatic heterocycles. The van der Waals surface area contributed by atoms with Crippen molar-refractivity contribution in [1.29, 1.82) is 0 Å². The number of benzene rings is 1. The molecule has 3 N–H and O–H groups in total. The first-order chi connectivity index (χ1) is 9.67. The van der Waals surface area contributed by atoms with Crippen LogP contribution in [0.1, 0.15) is 16.9 Å². The van der Waals surface area contributed by atoms with Crippen LogP contribution in [-0.2, 0) is 13.1 Å². The fourth-order valence-corrected chi connectivity index (χ4v) is 2.13. The van der Waals surface area contributed by atoms with E-state index in [0.29, 0.717) is 13.1 Å². The van der Waals surface area contributed by atoms with E-state index in [9.17, 15) is 5.11 Å². The second-order valence-corrected chi connectivity index (χ2v) is 5.12. The standard InChI is InChI=1S/C16H22N2O2/c1-13-4-6-14(7-5-13)10-18(11-15(19)9-17)12-16-3-2-8-20-16/h2-8,15,19H,9-12,17H2,1H3. The first-order valence-electron chi connectivity index (χ1n) is 6.86. The summed E-state index contributed by atoms with van der Waals surface area (Å²) in [5.41, 5.74) is 7.96. The van der Waals surface area contributed by atoms with Crippen molar-refractivity contribution in [2.75, 3.05) is 13.1 Å². The van der Waals surface area contributed by atoms with Gasteiger partial charge in [-0.25, -0.2) is 0 Å². The molecule has 108 valence electrons. The first kappa shape index (κ1) is 14.8. The van der Waals surface area contributed by atoms with Gasteiger partial charge in [-0.05, 0) is 24.6 Å². The lowest BCUT2D eigenvalue weighted by Crippen LogP contribution is -2.35. The average Bonchev–Trinajstić information content (AvgIpc) is 2.94. The zero-order valence-corrected chi connectivity index (χ0v) is 11.8. The van der Waals surface area contributed by atoms with E-state index in [1.54, 1.807) is 6.26 Å². The lowest BCUT2D eigenvalue weighted by molar-refractivity contribution is 0.106. The minimum absolute atomic E-state index is 0.266. The molecule has 1 heterocycles. The largest absolute Gasteiger partial charge is 0.468 e. The number of furan rings is 1. The lowest BCUT2D eigenvalue weighted by atomic mass is 10.1. The normalized spacial score (nSPS) is 12.8. The van der Waals surface area contributed by atoms with E-state index in [2.05, 4.69) is 36.1 Å². The summed E-state index contributed by atoms with van der Waals surface area (Å²) in [4.78, 5) is 2.14. The Balaban J connectivity index is 2.03. The number of aliphatic hydroxyl groups is 1. The Bertz CT molecular complexity index is 494. The van der Waals surface area contributed by atoms with E-state index in [1.165, 1.54) is 11.1 Å². The Morgan fingerprint density at radius 2 is 1.95 bits per heavy atom. The molecule has 0 saturated carbocycles. The molecule has 1 unspecified atom stereocenters. The van der Waals surface area contributed by atoms with Gasteiger partial charge in [0.25, 0.3) is 0 Å². The van der Waals surface area contributed by atoms with Gasteiger partial charge in [-0.1, -0.05) is 29.8 Å². The molecule has 0 bridgehead atoms. The third-order valence-electron chi connectivity index (χ3n) is 3.23. The molecule has 4 heteroatoms. The number of nitrogens with zero attached hydrogens (tertiary/aromatic N) is 1. The molecule has 0 aliphatic rings. The maximum absolute atomic E-state index is 9.78. The van der Waals surface area contributed by atoms with Crippen molar-refractivity contribution in [3.05, 3.63) is 59.5 Å². The van der Waals surface area contributed by atoms with Gasteiger partial charge in [0, 0.05) is 19.6 Å². The third kappa shape index (κ3) is 4.49. The maximum Gasteiger partial charge on any atom is 0.117 e. The summed E-state index contributed by atoms with van der Waals surface area (Å²) in [6, 6.07) is 12.2. The van der Waals surface area contributed by atoms with Crippen LogP contribution in [0.15, 0.2) is 47.1 Å². The average molecular weight is 274 g/mol. The van der Waals surface area contributed by atoms with Crippen LogP contribution in [-0.4, -0.2) is 29.2 Å². The summed E-state index contributed by atoms with van der Waals surface area (Å²) in [5, 5.41) is 9.78. The van der Waals surface area contributed by atoms with E-state index in [-0.39, 0.29) is 6.54 Å². The van der Waals surface area contributed by atoms with Crippen LogP contribution in [0.5, 0.6) is 0 Å². The molecule has 1 atom stereocenters.